The molecule has 0 bridgehead atoms. The Balaban J connectivity index is 1.70. The number of carbonyl (C=O) groups excluding carboxylic acids is 1. The van der Waals surface area contributed by atoms with Crippen LogP contribution in [0.1, 0.15) is 15.9 Å². The van der Waals surface area contributed by atoms with E-state index in [4.69, 9.17) is 0 Å². The van der Waals surface area contributed by atoms with Gasteiger partial charge in [-0.2, -0.15) is 0 Å². The van der Waals surface area contributed by atoms with Crippen molar-refractivity contribution in [3.63, 3.8) is 0 Å². The number of nitrogens with one attached hydrogen (secondary N) is 1. The molecule has 1 N–H and O–H groups in total. The Morgan fingerprint density at radius 2 is 1.31 bits per heavy atom. The maximum Gasteiger partial charge on any atom is 0.168 e. The minimum Gasteiger partial charge on any atom is -0.361 e. The smallest absolute Gasteiger partial charge is 0.168 e. The van der Waals surface area contributed by atoms with Crippen molar-refractivity contribution in [3.05, 3.63) is 96.2 Å². The molecule has 1 aromatic heterocycles. The number of aromatic nitrogens is 1. The molecule has 4 aromatic carbocycles. The standard InChI is InChI=1S/C24H17NO/c26-23(14-18-15-25-22-12-6-5-9-19(18)22)24-20-10-3-1-7-16(20)13-17-8-2-4-11-21(17)24/h1-13,15,25H,14H2. The van der Waals surface area contributed by atoms with Crippen LogP contribution in [0, 0.1) is 0 Å². The molecule has 0 aliphatic heterocycles. The molecule has 0 aliphatic rings. The van der Waals surface area contributed by atoms with Gasteiger partial charge in [-0.3, -0.25) is 4.79 Å². The van der Waals surface area contributed by atoms with Crippen molar-refractivity contribution in [1.29, 1.82) is 0 Å². The van der Waals surface area contributed by atoms with Gasteiger partial charge in [0.2, 0.25) is 0 Å². The van der Waals surface area contributed by atoms with Crippen molar-refractivity contribution in [2.75, 3.05) is 0 Å². The first-order valence-electron chi connectivity index (χ1n) is 8.80. The topological polar surface area (TPSA) is 32.9 Å². The number of aromatic amines is 1. The number of carbonyl (C=O) groups is 1. The summed E-state index contributed by atoms with van der Waals surface area (Å²) >= 11 is 0. The van der Waals surface area contributed by atoms with Crippen LogP contribution in [0.4, 0.5) is 0 Å². The molecule has 2 heteroatoms. The summed E-state index contributed by atoms with van der Waals surface area (Å²) in [5.41, 5.74) is 2.93. The lowest BCUT2D eigenvalue weighted by molar-refractivity contribution is 0.0996. The highest BCUT2D eigenvalue weighted by molar-refractivity contribution is 6.19. The molecule has 1 heterocycles. The SMILES string of the molecule is O=C(Cc1c[nH]c2ccccc12)c1c2ccccc2cc2ccccc12. The van der Waals surface area contributed by atoms with E-state index in [1.54, 1.807) is 0 Å². The van der Waals surface area contributed by atoms with E-state index in [2.05, 4.69) is 29.2 Å². The summed E-state index contributed by atoms with van der Waals surface area (Å²) in [6.45, 7) is 0. The highest BCUT2D eigenvalue weighted by Crippen LogP contribution is 2.30. The van der Waals surface area contributed by atoms with E-state index < -0.39 is 0 Å². The second-order valence-electron chi connectivity index (χ2n) is 6.65. The zero-order chi connectivity index (χ0) is 17.5. The summed E-state index contributed by atoms with van der Waals surface area (Å²) in [5.74, 6) is 0.155. The molecule has 124 valence electrons. The van der Waals surface area contributed by atoms with Gasteiger partial charge in [0.05, 0.1) is 0 Å². The zero-order valence-corrected chi connectivity index (χ0v) is 14.2. The van der Waals surface area contributed by atoms with Gasteiger partial charge in [-0.1, -0.05) is 66.7 Å². The lowest BCUT2D eigenvalue weighted by atomic mass is 9.92. The molecule has 26 heavy (non-hydrogen) atoms. The van der Waals surface area contributed by atoms with E-state index in [-0.39, 0.29) is 5.78 Å². The van der Waals surface area contributed by atoms with E-state index in [0.717, 1.165) is 43.6 Å². The zero-order valence-electron chi connectivity index (χ0n) is 14.2. The van der Waals surface area contributed by atoms with Gasteiger partial charge in [0.1, 0.15) is 0 Å². The van der Waals surface area contributed by atoms with Crippen LogP contribution >= 0.6 is 0 Å². The van der Waals surface area contributed by atoms with E-state index in [9.17, 15) is 4.79 Å². The molecular weight excluding hydrogens is 318 g/mol. The predicted molar refractivity (Wildman–Crippen MR) is 108 cm³/mol. The predicted octanol–water partition coefficient (Wildman–Crippen LogP) is 5.90. The Bertz CT molecular complexity index is 1230. The number of H-pyrrole nitrogens is 1. The number of Topliss-reactive ketones (excluding diaryl/α,β-unsaturated/α-hetero) is 1. The molecular formula is C24H17NO. The Kier molecular flexibility index (Phi) is 3.36. The van der Waals surface area contributed by atoms with Gasteiger partial charge >= 0.3 is 0 Å². The molecule has 0 saturated carbocycles. The first-order chi connectivity index (χ1) is 12.8. The van der Waals surface area contributed by atoms with Crippen molar-refractivity contribution < 1.29 is 4.79 Å². The summed E-state index contributed by atoms with van der Waals surface area (Å²) in [4.78, 5) is 16.6. The monoisotopic (exact) mass is 335 g/mol. The lowest BCUT2D eigenvalue weighted by Crippen LogP contribution is -2.05. The van der Waals surface area contributed by atoms with Crippen molar-refractivity contribution in [2.24, 2.45) is 0 Å². The highest BCUT2D eigenvalue weighted by Gasteiger charge is 2.16. The molecule has 5 aromatic rings. The van der Waals surface area contributed by atoms with E-state index in [1.807, 2.05) is 60.8 Å². The largest absolute Gasteiger partial charge is 0.361 e. The van der Waals surface area contributed by atoms with Gasteiger partial charge in [0, 0.05) is 29.1 Å². The van der Waals surface area contributed by atoms with Gasteiger partial charge in [0.25, 0.3) is 0 Å². The number of ketones is 1. The Morgan fingerprint density at radius 1 is 0.731 bits per heavy atom. The van der Waals surface area contributed by atoms with Crippen LogP contribution in [0.5, 0.6) is 0 Å². The Morgan fingerprint density at radius 3 is 2.00 bits per heavy atom. The van der Waals surface area contributed by atoms with Crippen LogP contribution < -0.4 is 0 Å². The summed E-state index contributed by atoms with van der Waals surface area (Å²) in [7, 11) is 0. The summed E-state index contributed by atoms with van der Waals surface area (Å²) in [6, 6.07) is 26.6. The van der Waals surface area contributed by atoms with Gasteiger partial charge < -0.3 is 4.98 Å². The summed E-state index contributed by atoms with van der Waals surface area (Å²) in [6.07, 6.45) is 2.35. The number of hydrogen-bond acceptors (Lipinski definition) is 1. The van der Waals surface area contributed by atoms with Crippen LogP contribution in [0.3, 0.4) is 0 Å². The molecule has 0 atom stereocenters. The van der Waals surface area contributed by atoms with Gasteiger partial charge in [-0.15, -0.1) is 0 Å². The van der Waals surface area contributed by atoms with E-state index in [0.29, 0.717) is 6.42 Å². The summed E-state index contributed by atoms with van der Waals surface area (Å²) in [5, 5.41) is 5.37. The quantitative estimate of drug-likeness (QED) is 0.323. The van der Waals surface area contributed by atoms with Crippen LogP contribution in [0.25, 0.3) is 32.4 Å². The fourth-order valence-electron chi connectivity index (χ4n) is 3.85. The molecule has 0 radical (unpaired) electrons. The minimum atomic E-state index is 0.155. The third-order valence-corrected chi connectivity index (χ3v) is 5.08. The third kappa shape index (κ3) is 2.31. The second-order valence-corrected chi connectivity index (χ2v) is 6.65. The molecule has 0 saturated heterocycles. The Hall–Kier alpha value is -3.39. The molecule has 0 fully saturated rings. The van der Waals surface area contributed by atoms with Crippen molar-refractivity contribution in [1.82, 2.24) is 4.98 Å². The number of benzene rings is 4. The minimum absolute atomic E-state index is 0.155. The molecule has 0 amide bonds. The molecule has 0 unspecified atom stereocenters. The van der Waals surface area contributed by atoms with Gasteiger partial charge in [-0.05, 0) is 39.2 Å². The Labute approximate surface area is 151 Å². The average Bonchev–Trinajstić information content (AvgIpc) is 3.09. The van der Waals surface area contributed by atoms with Crippen LogP contribution in [-0.4, -0.2) is 10.8 Å². The van der Waals surface area contributed by atoms with Crippen LogP contribution in [0.15, 0.2) is 85.1 Å². The third-order valence-electron chi connectivity index (χ3n) is 5.08. The lowest BCUT2D eigenvalue weighted by Gasteiger charge is -2.10. The van der Waals surface area contributed by atoms with Crippen molar-refractivity contribution in [3.8, 4) is 0 Å². The van der Waals surface area contributed by atoms with Crippen molar-refractivity contribution in [2.45, 2.75) is 6.42 Å². The molecule has 0 spiro atoms. The van der Waals surface area contributed by atoms with Crippen LogP contribution in [-0.2, 0) is 6.42 Å². The average molecular weight is 335 g/mol. The first kappa shape index (κ1) is 14.9. The summed E-state index contributed by atoms with van der Waals surface area (Å²) < 4.78 is 0. The number of fused-ring (bicyclic) bond motifs is 3. The number of hydrogen-bond donors (Lipinski definition) is 1. The number of rotatable bonds is 3. The van der Waals surface area contributed by atoms with Gasteiger partial charge in [-0.25, -0.2) is 0 Å². The maximum atomic E-state index is 13.4. The second kappa shape index (κ2) is 5.85. The fraction of sp³-hybridized carbons (Fsp3) is 0.0417. The van der Waals surface area contributed by atoms with Crippen molar-refractivity contribution >= 4 is 38.2 Å². The highest BCUT2D eigenvalue weighted by atomic mass is 16.1. The molecule has 2 nitrogen and oxygen atoms in total. The van der Waals surface area contributed by atoms with Gasteiger partial charge in [0.15, 0.2) is 5.78 Å². The molecule has 5 rings (SSSR count). The number of para-hydroxylation sites is 1. The first-order valence-corrected chi connectivity index (χ1v) is 8.80. The van der Waals surface area contributed by atoms with E-state index in [1.165, 1.54) is 0 Å². The fourth-order valence-corrected chi connectivity index (χ4v) is 3.85. The van der Waals surface area contributed by atoms with E-state index >= 15 is 0 Å². The van der Waals surface area contributed by atoms with Crippen LogP contribution in [0.2, 0.25) is 0 Å². The molecule has 0 aliphatic carbocycles. The maximum absolute atomic E-state index is 13.4. The normalized spacial score (nSPS) is 11.4.